The minimum absolute atomic E-state index is 0. The van der Waals surface area contributed by atoms with Crippen LogP contribution < -0.4 is 18.9 Å². The Morgan fingerprint density at radius 1 is 1.80 bits per heavy atom. The van der Waals surface area contributed by atoms with Crippen LogP contribution in [0.25, 0.3) is 0 Å². The van der Waals surface area contributed by atoms with Crippen molar-refractivity contribution in [2.75, 3.05) is 0 Å². The van der Waals surface area contributed by atoms with Crippen LogP contribution in [0.15, 0.2) is 12.7 Å². The maximum absolute atomic E-state index is 3.36. The molecule has 0 aliphatic rings. The second kappa shape index (κ2) is 20.9. The predicted octanol–water partition coefficient (Wildman–Crippen LogP) is -2.88. The Labute approximate surface area is 57.4 Å². The van der Waals surface area contributed by atoms with Gasteiger partial charge in [-0.1, -0.05) is 6.08 Å². The number of hydrogen-bond donors (Lipinski definition) is 0. The van der Waals surface area contributed by atoms with Crippen molar-refractivity contribution < 1.29 is 20.3 Å². The zero-order chi connectivity index (χ0) is 2.71. The molecule has 0 radical (unpaired) electrons. The van der Waals surface area contributed by atoms with E-state index in [1.165, 1.54) is 0 Å². The Balaban J connectivity index is -0.00000000667. The van der Waals surface area contributed by atoms with Crippen molar-refractivity contribution in [1.29, 1.82) is 0 Å². The van der Waals surface area contributed by atoms with E-state index >= 15 is 0 Å². The Morgan fingerprint density at radius 3 is 1.80 bits per heavy atom. The monoisotopic (exact) mass is 80.1 g/mol. The molecule has 0 aromatic heterocycles. The first kappa shape index (κ1) is 16.9. The van der Waals surface area contributed by atoms with E-state index in [1.54, 1.807) is 6.08 Å². The fourth-order valence-electron chi connectivity index (χ4n) is 0. The maximum atomic E-state index is 3.36. The predicted molar refractivity (Wildman–Crippen MR) is 26.9 cm³/mol. The van der Waals surface area contributed by atoms with Crippen LogP contribution in [0.5, 0.6) is 0 Å². The van der Waals surface area contributed by atoms with Gasteiger partial charge in [0.05, 0.1) is 0 Å². The van der Waals surface area contributed by atoms with Crippen LogP contribution in [0.2, 0.25) is 0 Å². The molecule has 26 valence electrons. The van der Waals surface area contributed by atoms with Gasteiger partial charge in [-0.15, -0.1) is 6.58 Å². The summed E-state index contributed by atoms with van der Waals surface area (Å²) in [6.45, 7) is 5.25. The largest absolute Gasteiger partial charge is 1.00 e. The molecule has 5 heavy (non-hydrogen) atoms. The van der Waals surface area contributed by atoms with Gasteiger partial charge < -0.3 is 1.43 Å². The van der Waals surface area contributed by atoms with Crippen LogP contribution in [-0.2, 0) is 0 Å². The molecule has 0 bridgehead atoms. The summed E-state index contributed by atoms with van der Waals surface area (Å²) in [4.78, 5) is 0. The topological polar surface area (TPSA) is 0 Å². The summed E-state index contributed by atoms with van der Waals surface area (Å²) in [6, 6.07) is 0. The standard InChI is InChI=1S/C3H6.Al.Li.4H/c1-3-2;;;;;;/h3H,1H2,2H3;;;;;;/q;;+1;;;;-1. The van der Waals surface area contributed by atoms with Gasteiger partial charge in [-0.25, -0.2) is 0 Å². The van der Waals surface area contributed by atoms with Gasteiger partial charge in [0, 0.05) is 0 Å². The summed E-state index contributed by atoms with van der Waals surface area (Å²) in [5.74, 6) is 0. The molecule has 0 aliphatic carbocycles. The second-order valence-corrected chi connectivity index (χ2v) is 0.408. The average Bonchev–Trinajstić information content (AvgIpc) is 0.918. The van der Waals surface area contributed by atoms with Gasteiger partial charge in [0.15, 0.2) is 17.4 Å². The molecular weight excluding hydrogens is 70.0 g/mol. The van der Waals surface area contributed by atoms with Gasteiger partial charge in [-0.3, -0.25) is 0 Å². The summed E-state index contributed by atoms with van der Waals surface area (Å²) in [7, 11) is 0. The summed E-state index contributed by atoms with van der Waals surface area (Å²) < 4.78 is 0. The molecular formula is C3H10AlLi. The zero-order valence-corrected chi connectivity index (χ0v) is 3.28. The summed E-state index contributed by atoms with van der Waals surface area (Å²) >= 11 is 0. The third kappa shape index (κ3) is 53.0. The van der Waals surface area contributed by atoms with Crippen molar-refractivity contribution in [1.82, 2.24) is 0 Å². The number of allylic oxidation sites excluding steroid dienone is 1. The van der Waals surface area contributed by atoms with E-state index in [4.69, 9.17) is 0 Å². The van der Waals surface area contributed by atoms with E-state index in [9.17, 15) is 0 Å². The molecule has 0 saturated heterocycles. The van der Waals surface area contributed by atoms with Gasteiger partial charge in [0.2, 0.25) is 0 Å². The molecule has 0 N–H and O–H groups in total. The maximum Gasteiger partial charge on any atom is 1.00 e. The molecule has 0 atom stereocenters. The molecule has 0 fully saturated rings. The van der Waals surface area contributed by atoms with E-state index in [2.05, 4.69) is 6.58 Å². The van der Waals surface area contributed by atoms with Crippen molar-refractivity contribution in [3.8, 4) is 0 Å². The van der Waals surface area contributed by atoms with Gasteiger partial charge in [-0.2, -0.15) is 0 Å². The van der Waals surface area contributed by atoms with Crippen molar-refractivity contribution in [2.45, 2.75) is 6.92 Å². The van der Waals surface area contributed by atoms with Crippen LogP contribution in [-0.4, -0.2) is 17.4 Å². The Kier molecular flexibility index (Phi) is 70.5. The summed E-state index contributed by atoms with van der Waals surface area (Å²) in [6.07, 6.45) is 1.75. The van der Waals surface area contributed by atoms with Crippen LogP contribution >= 0.6 is 0 Å². The van der Waals surface area contributed by atoms with E-state index in [1.807, 2.05) is 6.92 Å². The molecule has 0 heterocycles. The Morgan fingerprint density at radius 2 is 1.80 bits per heavy atom. The molecule has 0 aromatic carbocycles. The normalized spacial score (nSPS) is 2.60. The van der Waals surface area contributed by atoms with Crippen molar-refractivity contribution >= 4 is 17.4 Å². The first-order valence-electron chi connectivity index (χ1n) is 0.986. The van der Waals surface area contributed by atoms with Gasteiger partial charge >= 0.3 is 18.9 Å². The number of hydrogen-bond acceptors (Lipinski definition) is 0. The number of rotatable bonds is 0. The molecule has 0 unspecified atom stereocenters. The molecule has 2 heteroatoms. The summed E-state index contributed by atoms with van der Waals surface area (Å²) in [5, 5.41) is 0. The third-order valence-corrected chi connectivity index (χ3v) is 0. The fourth-order valence-corrected chi connectivity index (χ4v) is 0. The fraction of sp³-hybridized carbons (Fsp3) is 0.333. The smallest absolute Gasteiger partial charge is 1.00 e. The zero-order valence-electron chi connectivity index (χ0n) is 4.28. The van der Waals surface area contributed by atoms with Crippen LogP contribution in [0.1, 0.15) is 8.35 Å². The van der Waals surface area contributed by atoms with E-state index in [0.717, 1.165) is 0 Å². The van der Waals surface area contributed by atoms with Crippen LogP contribution in [0, 0.1) is 0 Å². The molecule has 0 aromatic rings. The van der Waals surface area contributed by atoms with Crippen LogP contribution in [0.4, 0.5) is 0 Å². The SMILES string of the molecule is C=CC.[AlH3].[H-].[Li+]. The van der Waals surface area contributed by atoms with Crippen molar-refractivity contribution in [3.05, 3.63) is 12.7 Å². The molecule has 0 saturated carbocycles. The van der Waals surface area contributed by atoms with Crippen molar-refractivity contribution in [3.63, 3.8) is 0 Å². The Hall–Kier alpha value is 0.870. The minimum atomic E-state index is 0. The molecule has 0 nitrogen and oxygen atoms in total. The van der Waals surface area contributed by atoms with E-state index in [-0.39, 0.29) is 37.6 Å². The van der Waals surface area contributed by atoms with E-state index < -0.39 is 0 Å². The quantitative estimate of drug-likeness (QED) is 0.217. The van der Waals surface area contributed by atoms with Gasteiger partial charge in [0.1, 0.15) is 0 Å². The van der Waals surface area contributed by atoms with Gasteiger partial charge in [-0.05, 0) is 6.92 Å². The van der Waals surface area contributed by atoms with Crippen LogP contribution in [0.3, 0.4) is 0 Å². The molecule has 0 spiro atoms. The molecule has 0 aliphatic heterocycles. The first-order valence-corrected chi connectivity index (χ1v) is 0.986. The Bertz CT molecular complexity index is 18.3. The third-order valence-electron chi connectivity index (χ3n) is 0. The minimum Gasteiger partial charge on any atom is -1.00 e. The second-order valence-electron chi connectivity index (χ2n) is 0.408. The summed E-state index contributed by atoms with van der Waals surface area (Å²) in [5.41, 5.74) is 0. The first-order chi connectivity index (χ1) is 1.41. The van der Waals surface area contributed by atoms with E-state index in [0.29, 0.717) is 0 Å². The molecule has 0 rings (SSSR count). The van der Waals surface area contributed by atoms with Gasteiger partial charge in [0.25, 0.3) is 0 Å². The molecule has 0 amide bonds. The average molecular weight is 80.0 g/mol. The van der Waals surface area contributed by atoms with Crippen molar-refractivity contribution in [2.24, 2.45) is 0 Å².